The summed E-state index contributed by atoms with van der Waals surface area (Å²) in [4.78, 5) is 27.9. The quantitative estimate of drug-likeness (QED) is 0.438. The number of rotatable bonds is 3. The Morgan fingerprint density at radius 1 is 0.938 bits per heavy atom. The Balaban J connectivity index is -0.000000160. The number of hydrogen-bond acceptors (Lipinski definition) is 4. The van der Waals surface area contributed by atoms with E-state index in [4.69, 9.17) is 15.3 Å². The van der Waals surface area contributed by atoms with Crippen LogP contribution in [0.25, 0.3) is 0 Å². The van der Waals surface area contributed by atoms with Crippen molar-refractivity contribution in [2.45, 2.75) is 0 Å². The zero-order valence-electron chi connectivity index (χ0n) is 8.29. The van der Waals surface area contributed by atoms with Crippen molar-refractivity contribution in [1.29, 1.82) is 0 Å². The summed E-state index contributed by atoms with van der Waals surface area (Å²) < 4.78 is 0. The van der Waals surface area contributed by atoms with E-state index in [-0.39, 0.29) is 4.91 Å². The highest BCUT2D eigenvalue weighted by Crippen LogP contribution is 1.91. The molecule has 0 aliphatic rings. The fraction of sp³-hybridized carbons (Fsp3) is 0. The Morgan fingerprint density at radius 3 is 1.06 bits per heavy atom. The number of aliphatic carboxylic acids is 3. The Bertz CT molecular complexity index is 264. The lowest BCUT2D eigenvalue weighted by Gasteiger charge is -1.78. The molecule has 0 spiro atoms. The smallest absolute Gasteiger partial charge is 0.341 e. The number of carbonyl (C=O) groups is 3. The van der Waals surface area contributed by atoms with Gasteiger partial charge in [0.1, 0.15) is 0 Å². The molecule has 6 nitrogen and oxygen atoms in total. The fourth-order valence-corrected chi connectivity index (χ4v) is 0. The van der Waals surface area contributed by atoms with Gasteiger partial charge in [-0.15, -0.1) is 12.6 Å². The summed E-state index contributed by atoms with van der Waals surface area (Å²) in [6, 6.07) is 0. The Kier molecular flexibility index (Phi) is 15.8. The summed E-state index contributed by atoms with van der Waals surface area (Å²) in [5.74, 6) is -3.03. The van der Waals surface area contributed by atoms with Crippen LogP contribution < -0.4 is 0 Å². The third-order valence-corrected chi connectivity index (χ3v) is 0.787. The Morgan fingerprint density at radius 2 is 1.06 bits per heavy atom. The van der Waals surface area contributed by atoms with Crippen LogP contribution in [0.15, 0.2) is 36.8 Å². The van der Waals surface area contributed by atoms with Gasteiger partial charge in [-0.2, -0.15) is 0 Å². The second-order valence-corrected chi connectivity index (χ2v) is 2.38. The summed E-state index contributed by atoms with van der Waals surface area (Å²) in [6.45, 7) is 8.94. The van der Waals surface area contributed by atoms with E-state index < -0.39 is 17.9 Å². The van der Waals surface area contributed by atoms with Crippen LogP contribution in [-0.2, 0) is 14.4 Å². The molecule has 90 valence electrons. The lowest BCUT2D eigenvalue weighted by atomic mass is 10.7. The van der Waals surface area contributed by atoms with Gasteiger partial charge in [0.25, 0.3) is 0 Å². The molecule has 0 saturated heterocycles. The highest BCUT2D eigenvalue weighted by atomic mass is 32.1. The minimum absolute atomic E-state index is 0.130. The number of carboxylic acid groups (broad SMARTS) is 3. The first-order valence-electron chi connectivity index (χ1n) is 3.50. The predicted octanol–water partition coefficient (Wildman–Crippen LogP) is 1.03. The van der Waals surface area contributed by atoms with E-state index in [9.17, 15) is 14.4 Å². The molecule has 0 rings (SSSR count). The van der Waals surface area contributed by atoms with Gasteiger partial charge in [0.2, 0.25) is 0 Å². The zero-order chi connectivity index (χ0) is 13.7. The first kappa shape index (κ1) is 19.5. The summed E-state index contributed by atoms with van der Waals surface area (Å²) in [7, 11) is 0. The van der Waals surface area contributed by atoms with Gasteiger partial charge in [-0.3, -0.25) is 0 Å². The largest absolute Gasteiger partial charge is 0.478 e. The van der Waals surface area contributed by atoms with Gasteiger partial charge >= 0.3 is 17.9 Å². The standard InChI is InChI=1S/C3H4O2S.2C3H4O2/c1-2(6)3(4)5;2*1-2-3(4)5/h6H,1H2,(H,4,5);2*2H,1H2,(H,4,5). The van der Waals surface area contributed by atoms with Crippen molar-refractivity contribution in [3.63, 3.8) is 0 Å². The third-order valence-electron chi connectivity index (χ3n) is 0.596. The second-order valence-electron chi connectivity index (χ2n) is 1.84. The summed E-state index contributed by atoms with van der Waals surface area (Å²) in [6.07, 6.45) is 1.67. The normalized spacial score (nSPS) is 6.81. The van der Waals surface area contributed by atoms with Crippen LogP contribution in [0.4, 0.5) is 0 Å². The minimum Gasteiger partial charge on any atom is -0.478 e. The van der Waals surface area contributed by atoms with Crippen molar-refractivity contribution < 1.29 is 29.7 Å². The first-order chi connectivity index (χ1) is 7.18. The summed E-state index contributed by atoms with van der Waals surface area (Å²) >= 11 is 3.40. The lowest BCUT2D eigenvalue weighted by Crippen LogP contribution is -1.89. The average molecular weight is 248 g/mol. The fourth-order valence-electron chi connectivity index (χ4n) is 0. The maximum absolute atomic E-state index is 9.52. The molecule has 0 unspecified atom stereocenters. The summed E-state index contributed by atoms with van der Waals surface area (Å²) in [5.41, 5.74) is 0. The molecule has 0 aliphatic heterocycles. The highest BCUT2D eigenvalue weighted by Gasteiger charge is 1.91. The van der Waals surface area contributed by atoms with Crippen molar-refractivity contribution in [2.75, 3.05) is 0 Å². The van der Waals surface area contributed by atoms with E-state index in [0.29, 0.717) is 0 Å². The molecule has 0 saturated carbocycles. The van der Waals surface area contributed by atoms with Gasteiger partial charge in [0, 0.05) is 12.2 Å². The van der Waals surface area contributed by atoms with Crippen molar-refractivity contribution >= 4 is 30.5 Å². The molecule has 0 aromatic heterocycles. The Labute approximate surface area is 97.6 Å². The van der Waals surface area contributed by atoms with Crippen molar-refractivity contribution in [2.24, 2.45) is 0 Å². The molecule has 0 aliphatic carbocycles. The van der Waals surface area contributed by atoms with Gasteiger partial charge in [-0.25, -0.2) is 14.4 Å². The van der Waals surface area contributed by atoms with Crippen LogP contribution in [0.3, 0.4) is 0 Å². The monoisotopic (exact) mass is 248 g/mol. The highest BCUT2D eigenvalue weighted by molar-refractivity contribution is 7.85. The molecule has 0 radical (unpaired) electrons. The molecular formula is C9H12O6S. The minimum atomic E-state index is -1.07. The number of hydrogen-bond donors (Lipinski definition) is 4. The first-order valence-corrected chi connectivity index (χ1v) is 3.95. The molecule has 16 heavy (non-hydrogen) atoms. The molecule has 0 aromatic carbocycles. The van der Waals surface area contributed by atoms with Gasteiger partial charge in [0.05, 0.1) is 4.91 Å². The van der Waals surface area contributed by atoms with E-state index >= 15 is 0 Å². The third kappa shape index (κ3) is 40.4. The molecule has 7 heteroatoms. The molecule has 0 aromatic rings. The maximum Gasteiger partial charge on any atom is 0.341 e. The molecule has 0 fully saturated rings. The second kappa shape index (κ2) is 13.0. The molecule has 0 amide bonds. The van der Waals surface area contributed by atoms with Crippen LogP contribution in [-0.4, -0.2) is 33.2 Å². The average Bonchev–Trinajstić information content (AvgIpc) is 2.19. The number of carboxylic acids is 3. The van der Waals surface area contributed by atoms with Gasteiger partial charge in [0.15, 0.2) is 0 Å². The number of thiol groups is 1. The Hall–Kier alpha value is -2.02. The zero-order valence-corrected chi connectivity index (χ0v) is 9.18. The SMILES string of the molecule is C=C(S)C(=O)O.C=CC(=O)O.C=CC(=O)O. The van der Waals surface area contributed by atoms with E-state index in [2.05, 4.69) is 32.4 Å². The van der Waals surface area contributed by atoms with Gasteiger partial charge in [-0.1, -0.05) is 19.7 Å². The van der Waals surface area contributed by atoms with Gasteiger partial charge < -0.3 is 15.3 Å². The topological polar surface area (TPSA) is 112 Å². The van der Waals surface area contributed by atoms with E-state index in [1.54, 1.807) is 0 Å². The molecule has 0 atom stereocenters. The molecule has 3 N–H and O–H groups in total. The van der Waals surface area contributed by atoms with Gasteiger partial charge in [-0.05, 0) is 0 Å². The van der Waals surface area contributed by atoms with E-state index in [0.717, 1.165) is 12.2 Å². The van der Waals surface area contributed by atoms with Crippen LogP contribution in [0, 0.1) is 0 Å². The summed E-state index contributed by atoms with van der Waals surface area (Å²) in [5, 5.41) is 23.0. The van der Waals surface area contributed by atoms with E-state index in [1.807, 2.05) is 0 Å². The predicted molar refractivity (Wildman–Crippen MR) is 61.4 cm³/mol. The van der Waals surface area contributed by atoms with Crippen molar-refractivity contribution in [3.8, 4) is 0 Å². The van der Waals surface area contributed by atoms with Crippen LogP contribution in [0.5, 0.6) is 0 Å². The lowest BCUT2D eigenvalue weighted by molar-refractivity contribution is -0.132. The molecular weight excluding hydrogens is 236 g/mol. The van der Waals surface area contributed by atoms with E-state index in [1.165, 1.54) is 0 Å². The van der Waals surface area contributed by atoms with Crippen LogP contribution in [0.2, 0.25) is 0 Å². The van der Waals surface area contributed by atoms with Crippen LogP contribution in [0.1, 0.15) is 0 Å². The molecule has 0 bridgehead atoms. The van der Waals surface area contributed by atoms with Crippen LogP contribution >= 0.6 is 12.6 Å². The maximum atomic E-state index is 9.52. The van der Waals surface area contributed by atoms with Crippen molar-refractivity contribution in [1.82, 2.24) is 0 Å². The van der Waals surface area contributed by atoms with Crippen molar-refractivity contribution in [3.05, 3.63) is 36.8 Å². The molecule has 0 heterocycles.